The zero-order chi connectivity index (χ0) is 14.6. The third-order valence-corrected chi connectivity index (χ3v) is 3.50. The SMILES string of the molecule is CC(C)(NCc1cccc(N)c1)C(O)c1ccccc1. The maximum atomic E-state index is 10.5. The van der Waals surface area contributed by atoms with Crippen molar-refractivity contribution in [3.8, 4) is 0 Å². The van der Waals surface area contributed by atoms with Gasteiger partial charge in [-0.15, -0.1) is 0 Å². The van der Waals surface area contributed by atoms with Crippen molar-refractivity contribution >= 4 is 5.69 Å². The Kier molecular flexibility index (Phi) is 4.42. The number of nitrogens with one attached hydrogen (secondary N) is 1. The van der Waals surface area contributed by atoms with Crippen LogP contribution in [0.1, 0.15) is 31.1 Å². The van der Waals surface area contributed by atoms with Gasteiger partial charge in [-0.3, -0.25) is 0 Å². The van der Waals surface area contributed by atoms with E-state index in [0.29, 0.717) is 6.54 Å². The van der Waals surface area contributed by atoms with Crippen LogP contribution in [0.2, 0.25) is 0 Å². The monoisotopic (exact) mass is 270 g/mol. The summed E-state index contributed by atoms with van der Waals surface area (Å²) in [6.45, 7) is 4.66. The molecule has 106 valence electrons. The molecule has 2 rings (SSSR count). The first-order valence-electron chi connectivity index (χ1n) is 6.81. The molecule has 1 unspecified atom stereocenters. The lowest BCUT2D eigenvalue weighted by molar-refractivity contribution is 0.0792. The zero-order valence-electron chi connectivity index (χ0n) is 12.0. The fourth-order valence-electron chi connectivity index (χ4n) is 2.18. The second-order valence-electron chi connectivity index (χ2n) is 5.63. The molecule has 0 aliphatic carbocycles. The number of benzene rings is 2. The summed E-state index contributed by atoms with van der Waals surface area (Å²) in [5.74, 6) is 0. The number of nitrogen functional groups attached to an aromatic ring is 1. The highest BCUT2D eigenvalue weighted by Gasteiger charge is 2.28. The van der Waals surface area contributed by atoms with Gasteiger partial charge < -0.3 is 16.2 Å². The summed E-state index contributed by atoms with van der Waals surface area (Å²) in [6, 6.07) is 17.5. The third kappa shape index (κ3) is 3.59. The van der Waals surface area contributed by atoms with Crippen molar-refractivity contribution in [2.24, 2.45) is 0 Å². The molecule has 0 amide bonds. The van der Waals surface area contributed by atoms with Crippen molar-refractivity contribution in [2.75, 3.05) is 5.73 Å². The largest absolute Gasteiger partial charge is 0.399 e. The van der Waals surface area contributed by atoms with Gasteiger partial charge in [0, 0.05) is 17.8 Å². The Bertz CT molecular complexity index is 552. The predicted molar refractivity (Wildman–Crippen MR) is 83.2 cm³/mol. The maximum absolute atomic E-state index is 10.5. The Balaban J connectivity index is 2.03. The fraction of sp³-hybridized carbons (Fsp3) is 0.294. The third-order valence-electron chi connectivity index (χ3n) is 3.50. The topological polar surface area (TPSA) is 58.3 Å². The van der Waals surface area contributed by atoms with Crippen molar-refractivity contribution in [1.29, 1.82) is 0 Å². The first-order chi connectivity index (χ1) is 9.49. The summed E-state index contributed by atoms with van der Waals surface area (Å²) in [4.78, 5) is 0. The van der Waals surface area contributed by atoms with Gasteiger partial charge in [0.2, 0.25) is 0 Å². The molecule has 0 saturated heterocycles. The number of aliphatic hydroxyl groups is 1. The molecule has 0 heterocycles. The predicted octanol–water partition coefficient (Wildman–Crippen LogP) is 2.87. The molecule has 2 aromatic carbocycles. The van der Waals surface area contributed by atoms with Gasteiger partial charge in [-0.2, -0.15) is 0 Å². The Hall–Kier alpha value is -1.84. The van der Waals surface area contributed by atoms with E-state index in [9.17, 15) is 5.11 Å². The molecule has 0 bridgehead atoms. The summed E-state index contributed by atoms with van der Waals surface area (Å²) in [5, 5.41) is 13.9. The van der Waals surface area contributed by atoms with Crippen LogP contribution in [0, 0.1) is 0 Å². The molecule has 0 saturated carbocycles. The number of anilines is 1. The molecule has 0 spiro atoms. The van der Waals surface area contributed by atoms with Crippen LogP contribution in [-0.2, 0) is 6.54 Å². The minimum absolute atomic E-state index is 0.425. The van der Waals surface area contributed by atoms with E-state index in [2.05, 4.69) is 5.32 Å². The molecule has 1 atom stereocenters. The van der Waals surface area contributed by atoms with E-state index in [-0.39, 0.29) is 0 Å². The number of hydrogen-bond donors (Lipinski definition) is 3. The van der Waals surface area contributed by atoms with E-state index in [1.54, 1.807) is 0 Å². The molecule has 4 N–H and O–H groups in total. The normalized spacial score (nSPS) is 13.2. The number of aliphatic hydroxyl groups excluding tert-OH is 1. The van der Waals surface area contributed by atoms with Gasteiger partial charge in [0.1, 0.15) is 0 Å². The maximum Gasteiger partial charge on any atom is 0.0966 e. The zero-order valence-corrected chi connectivity index (χ0v) is 12.0. The van der Waals surface area contributed by atoms with E-state index < -0.39 is 11.6 Å². The van der Waals surface area contributed by atoms with Gasteiger partial charge >= 0.3 is 0 Å². The summed E-state index contributed by atoms with van der Waals surface area (Å²) >= 11 is 0. The van der Waals surface area contributed by atoms with Crippen LogP contribution in [0.4, 0.5) is 5.69 Å². The van der Waals surface area contributed by atoms with E-state index in [4.69, 9.17) is 5.73 Å². The second kappa shape index (κ2) is 6.07. The summed E-state index contributed by atoms with van der Waals surface area (Å²) in [7, 11) is 0. The Morgan fingerprint density at radius 3 is 2.45 bits per heavy atom. The highest BCUT2D eigenvalue weighted by atomic mass is 16.3. The highest BCUT2D eigenvalue weighted by Crippen LogP contribution is 2.25. The van der Waals surface area contributed by atoms with Crippen LogP contribution in [0.25, 0.3) is 0 Å². The lowest BCUT2D eigenvalue weighted by Crippen LogP contribution is -2.44. The second-order valence-corrected chi connectivity index (χ2v) is 5.63. The fourth-order valence-corrected chi connectivity index (χ4v) is 2.18. The molecule has 0 aliphatic rings. The minimum atomic E-state index is -0.565. The van der Waals surface area contributed by atoms with Crippen molar-refractivity contribution < 1.29 is 5.11 Å². The summed E-state index contributed by atoms with van der Waals surface area (Å²) < 4.78 is 0. The number of nitrogens with two attached hydrogens (primary N) is 1. The van der Waals surface area contributed by atoms with Gasteiger partial charge in [-0.25, -0.2) is 0 Å². The van der Waals surface area contributed by atoms with Crippen LogP contribution >= 0.6 is 0 Å². The number of hydrogen-bond acceptors (Lipinski definition) is 3. The van der Waals surface area contributed by atoms with Gasteiger partial charge in [-0.05, 0) is 37.1 Å². The Labute approximate surface area is 120 Å². The molecule has 0 radical (unpaired) electrons. The summed E-state index contributed by atoms with van der Waals surface area (Å²) in [5.41, 5.74) is 8.13. The first kappa shape index (κ1) is 14.6. The van der Waals surface area contributed by atoms with Crippen molar-refractivity contribution in [3.63, 3.8) is 0 Å². The molecule has 20 heavy (non-hydrogen) atoms. The average molecular weight is 270 g/mol. The Morgan fingerprint density at radius 2 is 1.80 bits per heavy atom. The van der Waals surface area contributed by atoms with Gasteiger partial charge in [0.15, 0.2) is 0 Å². The van der Waals surface area contributed by atoms with Crippen LogP contribution in [0.15, 0.2) is 54.6 Å². The van der Waals surface area contributed by atoms with Gasteiger partial charge in [-0.1, -0.05) is 42.5 Å². The van der Waals surface area contributed by atoms with Crippen LogP contribution in [-0.4, -0.2) is 10.6 Å². The van der Waals surface area contributed by atoms with Crippen molar-refractivity contribution in [3.05, 3.63) is 65.7 Å². The van der Waals surface area contributed by atoms with Gasteiger partial charge in [0.05, 0.1) is 6.10 Å². The van der Waals surface area contributed by atoms with Crippen LogP contribution in [0.3, 0.4) is 0 Å². The van der Waals surface area contributed by atoms with E-state index in [0.717, 1.165) is 16.8 Å². The average Bonchev–Trinajstić information content (AvgIpc) is 2.45. The molecule has 0 fully saturated rings. The molecular weight excluding hydrogens is 248 g/mol. The molecule has 0 aliphatic heterocycles. The standard InChI is InChI=1S/C17H22N2O/c1-17(2,16(20)14-8-4-3-5-9-14)19-12-13-7-6-10-15(18)11-13/h3-11,16,19-20H,12,18H2,1-2H3. The lowest BCUT2D eigenvalue weighted by Gasteiger charge is -2.32. The molecule has 2 aromatic rings. The smallest absolute Gasteiger partial charge is 0.0966 e. The molecule has 0 aromatic heterocycles. The van der Waals surface area contributed by atoms with E-state index in [1.165, 1.54) is 0 Å². The van der Waals surface area contributed by atoms with E-state index >= 15 is 0 Å². The quantitative estimate of drug-likeness (QED) is 0.732. The summed E-state index contributed by atoms with van der Waals surface area (Å²) in [6.07, 6.45) is -0.565. The first-order valence-corrected chi connectivity index (χ1v) is 6.81. The molecule has 3 nitrogen and oxygen atoms in total. The molecular formula is C17H22N2O. The van der Waals surface area contributed by atoms with Crippen molar-refractivity contribution in [1.82, 2.24) is 5.32 Å². The minimum Gasteiger partial charge on any atom is -0.399 e. The molecule has 3 heteroatoms. The van der Waals surface area contributed by atoms with E-state index in [1.807, 2.05) is 68.4 Å². The number of rotatable bonds is 5. The van der Waals surface area contributed by atoms with Crippen molar-refractivity contribution in [2.45, 2.75) is 32.0 Å². The van der Waals surface area contributed by atoms with Crippen LogP contribution < -0.4 is 11.1 Å². The Morgan fingerprint density at radius 1 is 1.10 bits per heavy atom. The lowest BCUT2D eigenvalue weighted by atomic mass is 9.91. The van der Waals surface area contributed by atoms with Gasteiger partial charge in [0.25, 0.3) is 0 Å². The highest BCUT2D eigenvalue weighted by molar-refractivity contribution is 5.40. The van der Waals surface area contributed by atoms with Crippen LogP contribution in [0.5, 0.6) is 0 Å².